The van der Waals surface area contributed by atoms with Crippen LogP contribution in [0.1, 0.15) is 16.4 Å². The third kappa shape index (κ3) is 4.67. The van der Waals surface area contributed by atoms with E-state index in [2.05, 4.69) is 20.5 Å². The maximum Gasteiger partial charge on any atom is 0.433 e. The number of benzene rings is 2. The average Bonchev–Trinajstić information content (AvgIpc) is 3.29. The molecule has 9 nitrogen and oxygen atoms in total. The van der Waals surface area contributed by atoms with Crippen molar-refractivity contribution in [1.82, 2.24) is 15.4 Å². The highest BCUT2D eigenvalue weighted by Gasteiger charge is 2.15. The molecule has 2 aromatic carbocycles. The minimum Gasteiger partial charge on any atom is -0.400 e. The molecule has 0 bridgehead atoms. The highest BCUT2D eigenvalue weighted by Crippen LogP contribution is 2.23. The number of nitrogens with one attached hydrogen (secondary N) is 1. The molecule has 0 saturated carbocycles. The lowest BCUT2D eigenvalue weighted by atomic mass is 10.1. The molecule has 152 valence electrons. The van der Waals surface area contributed by atoms with Crippen LogP contribution in [0, 0.1) is 10.1 Å². The maximum absolute atomic E-state index is 12.6. The van der Waals surface area contributed by atoms with Crippen molar-refractivity contribution in [3.63, 3.8) is 0 Å². The van der Waals surface area contributed by atoms with Gasteiger partial charge in [0.2, 0.25) is 5.82 Å². The molecular formula is C22H15N5O4. The zero-order valence-corrected chi connectivity index (χ0v) is 16.0. The fourth-order valence-electron chi connectivity index (χ4n) is 2.78. The predicted octanol–water partition coefficient (Wildman–Crippen LogP) is 4.08. The number of furan rings is 1. The first-order valence-electron chi connectivity index (χ1n) is 9.18. The lowest BCUT2D eigenvalue weighted by Gasteiger charge is -2.08. The first kappa shape index (κ1) is 19.6. The van der Waals surface area contributed by atoms with Crippen LogP contribution in [-0.2, 0) is 0 Å². The first-order valence-corrected chi connectivity index (χ1v) is 9.18. The molecule has 0 unspecified atom stereocenters. The Morgan fingerprint density at radius 2 is 1.52 bits per heavy atom. The third-order valence-corrected chi connectivity index (χ3v) is 4.22. The average molecular weight is 413 g/mol. The number of carbonyl (C=O) groups excluding carboxylic acids is 1. The molecule has 0 fully saturated rings. The second-order valence-corrected chi connectivity index (χ2v) is 6.33. The van der Waals surface area contributed by atoms with Crippen LogP contribution in [-0.4, -0.2) is 27.0 Å². The van der Waals surface area contributed by atoms with E-state index in [1.54, 1.807) is 0 Å². The summed E-state index contributed by atoms with van der Waals surface area (Å²) in [7, 11) is 0. The molecule has 0 aliphatic heterocycles. The Labute approximate surface area is 176 Å². The van der Waals surface area contributed by atoms with E-state index in [1.807, 2.05) is 66.7 Å². The molecule has 0 aliphatic rings. The van der Waals surface area contributed by atoms with E-state index in [4.69, 9.17) is 4.42 Å². The Kier molecular flexibility index (Phi) is 5.57. The number of nitrogens with zero attached hydrogens (tertiary/aromatic N) is 4. The molecule has 0 atom stereocenters. The molecule has 0 spiro atoms. The SMILES string of the molecule is O=C(N/N=C\c1ccc([N+](=O)[O-])o1)c1nc(-c2ccccc2)cc(-c2ccccc2)n1. The van der Waals surface area contributed by atoms with Gasteiger partial charge in [0.25, 0.3) is 0 Å². The Morgan fingerprint density at radius 1 is 0.935 bits per heavy atom. The summed E-state index contributed by atoms with van der Waals surface area (Å²) in [6.45, 7) is 0. The summed E-state index contributed by atoms with van der Waals surface area (Å²) in [5.41, 5.74) is 5.17. The Hall–Kier alpha value is -4.66. The molecule has 1 N–H and O–H groups in total. The smallest absolute Gasteiger partial charge is 0.400 e. The van der Waals surface area contributed by atoms with Gasteiger partial charge in [-0.2, -0.15) is 5.10 Å². The molecular weight excluding hydrogens is 398 g/mol. The van der Waals surface area contributed by atoms with Crippen LogP contribution >= 0.6 is 0 Å². The summed E-state index contributed by atoms with van der Waals surface area (Å²) in [6.07, 6.45) is 1.16. The molecule has 31 heavy (non-hydrogen) atoms. The van der Waals surface area contributed by atoms with Crippen molar-refractivity contribution in [2.45, 2.75) is 0 Å². The van der Waals surface area contributed by atoms with E-state index < -0.39 is 16.7 Å². The number of rotatable bonds is 6. The Balaban J connectivity index is 1.62. The number of aromatic nitrogens is 2. The first-order chi connectivity index (χ1) is 15.1. The fourth-order valence-corrected chi connectivity index (χ4v) is 2.78. The van der Waals surface area contributed by atoms with E-state index in [0.29, 0.717) is 11.4 Å². The number of nitro groups is 1. The van der Waals surface area contributed by atoms with E-state index in [0.717, 1.165) is 17.3 Å². The Morgan fingerprint density at radius 3 is 2.03 bits per heavy atom. The summed E-state index contributed by atoms with van der Waals surface area (Å²) < 4.78 is 4.96. The van der Waals surface area contributed by atoms with E-state index in [-0.39, 0.29) is 11.6 Å². The van der Waals surface area contributed by atoms with Crippen LogP contribution in [0.2, 0.25) is 0 Å². The van der Waals surface area contributed by atoms with Crippen LogP contribution < -0.4 is 5.43 Å². The second-order valence-electron chi connectivity index (χ2n) is 6.33. The van der Waals surface area contributed by atoms with Gasteiger partial charge in [0, 0.05) is 11.1 Å². The number of hydrogen-bond acceptors (Lipinski definition) is 7. The summed E-state index contributed by atoms with van der Waals surface area (Å²) in [4.78, 5) is 31.4. The molecule has 1 amide bonds. The summed E-state index contributed by atoms with van der Waals surface area (Å²) in [5, 5.41) is 14.4. The van der Waals surface area contributed by atoms with Gasteiger partial charge in [-0.1, -0.05) is 60.7 Å². The van der Waals surface area contributed by atoms with Crippen LogP contribution in [0.3, 0.4) is 0 Å². The van der Waals surface area contributed by atoms with Gasteiger partial charge in [-0.05, 0) is 12.1 Å². The molecule has 0 radical (unpaired) electrons. The van der Waals surface area contributed by atoms with Crippen molar-refractivity contribution in [1.29, 1.82) is 0 Å². The van der Waals surface area contributed by atoms with E-state index in [1.165, 1.54) is 12.1 Å². The van der Waals surface area contributed by atoms with Gasteiger partial charge in [-0.15, -0.1) is 0 Å². The van der Waals surface area contributed by atoms with Crippen LogP contribution in [0.15, 0.2) is 88.4 Å². The molecule has 0 saturated heterocycles. The zero-order chi connectivity index (χ0) is 21.6. The number of carbonyl (C=O) groups is 1. The van der Waals surface area contributed by atoms with Gasteiger partial charge in [-0.3, -0.25) is 14.9 Å². The molecule has 4 rings (SSSR count). The van der Waals surface area contributed by atoms with Crippen molar-refractivity contribution < 1.29 is 14.1 Å². The second kappa shape index (κ2) is 8.78. The minimum atomic E-state index is -0.663. The van der Waals surface area contributed by atoms with Gasteiger partial charge < -0.3 is 4.42 Å². The summed E-state index contributed by atoms with van der Waals surface area (Å²) >= 11 is 0. The van der Waals surface area contributed by atoms with Crippen molar-refractivity contribution in [2.75, 3.05) is 0 Å². The molecule has 2 heterocycles. The fraction of sp³-hybridized carbons (Fsp3) is 0. The Bertz CT molecular complexity index is 1200. The third-order valence-electron chi connectivity index (χ3n) is 4.22. The van der Waals surface area contributed by atoms with Crippen LogP contribution in [0.5, 0.6) is 0 Å². The monoisotopic (exact) mass is 413 g/mol. The van der Waals surface area contributed by atoms with E-state index >= 15 is 0 Å². The topological polar surface area (TPSA) is 124 Å². The summed E-state index contributed by atoms with van der Waals surface area (Å²) in [5.74, 6) is -0.995. The molecule has 0 aliphatic carbocycles. The number of hydrazone groups is 1. The molecule has 2 aromatic heterocycles. The highest BCUT2D eigenvalue weighted by atomic mass is 16.6. The summed E-state index contributed by atoms with van der Waals surface area (Å²) in [6, 6.07) is 23.2. The maximum atomic E-state index is 12.6. The van der Waals surface area contributed by atoms with Gasteiger partial charge in [-0.25, -0.2) is 15.4 Å². The van der Waals surface area contributed by atoms with Crippen LogP contribution in [0.25, 0.3) is 22.5 Å². The van der Waals surface area contributed by atoms with Gasteiger partial charge in [0.1, 0.15) is 4.92 Å². The largest absolute Gasteiger partial charge is 0.433 e. The van der Waals surface area contributed by atoms with Crippen molar-refractivity contribution in [3.8, 4) is 22.5 Å². The van der Waals surface area contributed by atoms with Crippen molar-refractivity contribution in [3.05, 3.63) is 101 Å². The van der Waals surface area contributed by atoms with Crippen LogP contribution in [0.4, 0.5) is 5.88 Å². The normalized spacial score (nSPS) is 10.8. The van der Waals surface area contributed by atoms with Gasteiger partial charge in [0.05, 0.1) is 23.7 Å². The minimum absolute atomic E-state index is 0.0669. The number of amides is 1. The van der Waals surface area contributed by atoms with Gasteiger partial charge in [0.15, 0.2) is 5.76 Å². The van der Waals surface area contributed by atoms with Crippen molar-refractivity contribution >= 4 is 18.0 Å². The molecule has 9 heteroatoms. The standard InChI is InChI=1S/C22H15N5O4/c28-22(26-23-14-17-11-12-20(31-17)27(29)30)21-24-18(15-7-3-1-4-8-15)13-19(25-21)16-9-5-2-6-10-16/h1-14H,(H,26,28)/b23-14-. The highest BCUT2D eigenvalue weighted by molar-refractivity contribution is 5.92. The number of hydrogen-bond donors (Lipinski definition) is 1. The quantitative estimate of drug-likeness (QED) is 0.289. The van der Waals surface area contributed by atoms with Gasteiger partial charge >= 0.3 is 11.8 Å². The van der Waals surface area contributed by atoms with E-state index in [9.17, 15) is 14.9 Å². The van der Waals surface area contributed by atoms with Crippen molar-refractivity contribution in [2.24, 2.45) is 5.10 Å². The lowest BCUT2D eigenvalue weighted by Crippen LogP contribution is -2.21. The predicted molar refractivity (Wildman–Crippen MR) is 113 cm³/mol. The zero-order valence-electron chi connectivity index (χ0n) is 16.0. The lowest BCUT2D eigenvalue weighted by molar-refractivity contribution is -0.402. The molecule has 4 aromatic rings.